The molecule has 0 saturated heterocycles. The highest BCUT2D eigenvalue weighted by atomic mass is 15.3. The Labute approximate surface area is 105 Å². The summed E-state index contributed by atoms with van der Waals surface area (Å²) in [6, 6.07) is 0.386. The van der Waals surface area contributed by atoms with Crippen LogP contribution in [-0.4, -0.2) is 16.3 Å². The number of aryl methyl sites for hydroxylation is 1. The van der Waals surface area contributed by atoms with E-state index in [4.69, 9.17) is 6.42 Å². The van der Waals surface area contributed by atoms with E-state index in [9.17, 15) is 0 Å². The fourth-order valence-electron chi connectivity index (χ4n) is 1.95. The highest BCUT2D eigenvalue weighted by Crippen LogP contribution is 2.22. The maximum absolute atomic E-state index is 5.30. The molecule has 17 heavy (non-hydrogen) atoms. The van der Waals surface area contributed by atoms with E-state index in [1.165, 1.54) is 11.3 Å². The molecular formula is C14H23N3. The molecule has 0 saturated carbocycles. The van der Waals surface area contributed by atoms with E-state index >= 15 is 0 Å². The standard InChI is InChI=1S/C14H23N3/c1-5-7-8-9-14(15-10-6-2)13-11-16-17(4)12(13)3/h1,11,14-15H,6-10H2,2-4H3. The number of hydrogen-bond donors (Lipinski definition) is 1. The fourth-order valence-corrected chi connectivity index (χ4v) is 1.95. The topological polar surface area (TPSA) is 29.9 Å². The zero-order chi connectivity index (χ0) is 12.7. The number of nitrogens with zero attached hydrogens (tertiary/aromatic N) is 2. The third-order valence-electron chi connectivity index (χ3n) is 3.10. The van der Waals surface area contributed by atoms with Crippen molar-refractivity contribution in [2.24, 2.45) is 7.05 Å². The van der Waals surface area contributed by atoms with Gasteiger partial charge in [0.05, 0.1) is 6.20 Å². The van der Waals surface area contributed by atoms with E-state index in [1.54, 1.807) is 0 Å². The van der Waals surface area contributed by atoms with Gasteiger partial charge in [0.25, 0.3) is 0 Å². The van der Waals surface area contributed by atoms with Gasteiger partial charge in [-0.3, -0.25) is 4.68 Å². The normalized spacial score (nSPS) is 12.4. The lowest BCUT2D eigenvalue weighted by atomic mass is 10.0. The minimum atomic E-state index is 0.386. The summed E-state index contributed by atoms with van der Waals surface area (Å²) in [6.07, 6.45) is 11.4. The van der Waals surface area contributed by atoms with E-state index < -0.39 is 0 Å². The molecule has 0 amide bonds. The zero-order valence-electron chi connectivity index (χ0n) is 11.2. The average molecular weight is 233 g/mol. The number of terminal acetylenes is 1. The summed E-state index contributed by atoms with van der Waals surface area (Å²) < 4.78 is 1.93. The molecule has 94 valence electrons. The average Bonchev–Trinajstić information content (AvgIpc) is 2.65. The minimum absolute atomic E-state index is 0.386. The summed E-state index contributed by atoms with van der Waals surface area (Å²) in [7, 11) is 1.98. The molecule has 1 N–H and O–H groups in total. The zero-order valence-corrected chi connectivity index (χ0v) is 11.2. The predicted octanol–water partition coefficient (Wildman–Crippen LogP) is 2.57. The van der Waals surface area contributed by atoms with Gasteiger partial charge < -0.3 is 5.32 Å². The second-order valence-corrected chi connectivity index (χ2v) is 4.41. The summed E-state index contributed by atoms with van der Waals surface area (Å²) in [6.45, 7) is 5.33. The Morgan fingerprint density at radius 1 is 1.59 bits per heavy atom. The molecule has 1 heterocycles. The van der Waals surface area contributed by atoms with Gasteiger partial charge in [-0.05, 0) is 32.7 Å². The van der Waals surface area contributed by atoms with Crippen molar-refractivity contribution >= 4 is 0 Å². The molecule has 0 fully saturated rings. The fraction of sp³-hybridized carbons (Fsp3) is 0.643. The molecule has 0 bridgehead atoms. The van der Waals surface area contributed by atoms with Gasteiger partial charge in [-0.2, -0.15) is 5.10 Å². The van der Waals surface area contributed by atoms with Crippen LogP contribution in [0.4, 0.5) is 0 Å². The first-order chi connectivity index (χ1) is 8.20. The Kier molecular flexibility index (Phi) is 5.79. The SMILES string of the molecule is C#CCCCC(NCCC)c1cnn(C)c1C. The number of rotatable bonds is 7. The monoisotopic (exact) mass is 233 g/mol. The lowest BCUT2D eigenvalue weighted by molar-refractivity contribution is 0.485. The van der Waals surface area contributed by atoms with E-state index in [0.717, 1.165) is 32.2 Å². The second-order valence-electron chi connectivity index (χ2n) is 4.41. The van der Waals surface area contributed by atoms with Gasteiger partial charge in [0.15, 0.2) is 0 Å². The van der Waals surface area contributed by atoms with Gasteiger partial charge in [0, 0.05) is 30.8 Å². The predicted molar refractivity (Wildman–Crippen MR) is 71.7 cm³/mol. The highest BCUT2D eigenvalue weighted by Gasteiger charge is 2.15. The summed E-state index contributed by atoms with van der Waals surface area (Å²) >= 11 is 0. The molecule has 1 atom stereocenters. The number of nitrogens with one attached hydrogen (secondary N) is 1. The van der Waals surface area contributed by atoms with Crippen LogP contribution < -0.4 is 5.32 Å². The van der Waals surface area contributed by atoms with Crippen LogP contribution in [0.1, 0.15) is 49.9 Å². The van der Waals surface area contributed by atoms with Gasteiger partial charge in [0.1, 0.15) is 0 Å². The van der Waals surface area contributed by atoms with Crippen LogP contribution in [0.15, 0.2) is 6.20 Å². The van der Waals surface area contributed by atoms with Crippen LogP contribution >= 0.6 is 0 Å². The maximum Gasteiger partial charge on any atom is 0.0540 e. The first-order valence-electron chi connectivity index (χ1n) is 6.36. The smallest absolute Gasteiger partial charge is 0.0540 e. The lowest BCUT2D eigenvalue weighted by Crippen LogP contribution is -2.22. The van der Waals surface area contributed by atoms with Crippen LogP contribution in [0.2, 0.25) is 0 Å². The summed E-state index contributed by atoms with van der Waals surface area (Å²) in [5.41, 5.74) is 2.54. The molecule has 1 aromatic heterocycles. The minimum Gasteiger partial charge on any atom is -0.310 e. The van der Waals surface area contributed by atoms with Crippen LogP contribution in [0.25, 0.3) is 0 Å². The molecule has 1 unspecified atom stereocenters. The number of unbranched alkanes of at least 4 members (excludes halogenated alkanes) is 1. The molecule has 0 aliphatic carbocycles. The van der Waals surface area contributed by atoms with Crippen molar-refractivity contribution in [1.82, 2.24) is 15.1 Å². The summed E-state index contributed by atoms with van der Waals surface area (Å²) in [5.74, 6) is 2.70. The van der Waals surface area contributed by atoms with E-state index in [-0.39, 0.29) is 0 Å². The largest absolute Gasteiger partial charge is 0.310 e. The van der Waals surface area contributed by atoms with Gasteiger partial charge in [0.2, 0.25) is 0 Å². The van der Waals surface area contributed by atoms with Crippen LogP contribution in [0, 0.1) is 19.3 Å². The molecule has 1 aromatic rings. The molecule has 0 spiro atoms. The van der Waals surface area contributed by atoms with Crippen LogP contribution in [0.5, 0.6) is 0 Å². The Morgan fingerprint density at radius 3 is 2.88 bits per heavy atom. The van der Waals surface area contributed by atoms with Crippen molar-refractivity contribution in [3.63, 3.8) is 0 Å². The molecule has 3 heteroatoms. The third-order valence-corrected chi connectivity index (χ3v) is 3.10. The maximum atomic E-state index is 5.30. The molecule has 0 radical (unpaired) electrons. The second kappa shape index (κ2) is 7.13. The van der Waals surface area contributed by atoms with Crippen molar-refractivity contribution in [1.29, 1.82) is 0 Å². The van der Waals surface area contributed by atoms with Gasteiger partial charge in [-0.15, -0.1) is 12.3 Å². The molecule has 0 aromatic carbocycles. The van der Waals surface area contributed by atoms with Crippen molar-refractivity contribution in [3.05, 3.63) is 17.5 Å². The molecule has 1 rings (SSSR count). The molecule has 0 aliphatic heterocycles. The first kappa shape index (κ1) is 13.8. The van der Waals surface area contributed by atoms with Crippen molar-refractivity contribution in [2.75, 3.05) is 6.54 Å². The summed E-state index contributed by atoms with van der Waals surface area (Å²) in [4.78, 5) is 0. The highest BCUT2D eigenvalue weighted by molar-refractivity contribution is 5.20. The number of aromatic nitrogens is 2. The molecule has 0 aliphatic rings. The first-order valence-corrected chi connectivity index (χ1v) is 6.36. The quantitative estimate of drug-likeness (QED) is 0.579. The van der Waals surface area contributed by atoms with Crippen LogP contribution in [-0.2, 0) is 7.05 Å². The van der Waals surface area contributed by atoms with Crippen LogP contribution in [0.3, 0.4) is 0 Å². The number of hydrogen-bond acceptors (Lipinski definition) is 2. The van der Waals surface area contributed by atoms with Gasteiger partial charge in [-0.25, -0.2) is 0 Å². The van der Waals surface area contributed by atoms with Crippen molar-refractivity contribution in [3.8, 4) is 12.3 Å². The Morgan fingerprint density at radius 2 is 2.35 bits per heavy atom. The van der Waals surface area contributed by atoms with E-state index in [0.29, 0.717) is 6.04 Å². The van der Waals surface area contributed by atoms with E-state index in [1.807, 2.05) is 17.9 Å². The molecule has 3 nitrogen and oxygen atoms in total. The van der Waals surface area contributed by atoms with Gasteiger partial charge in [-0.1, -0.05) is 6.92 Å². The third kappa shape index (κ3) is 3.90. The lowest BCUT2D eigenvalue weighted by Gasteiger charge is -2.18. The Bertz CT molecular complexity index is 373. The Balaban J connectivity index is 2.68. The molecular weight excluding hydrogens is 210 g/mol. The Hall–Kier alpha value is -1.27. The van der Waals surface area contributed by atoms with Crippen molar-refractivity contribution < 1.29 is 0 Å². The van der Waals surface area contributed by atoms with Gasteiger partial charge >= 0.3 is 0 Å². The van der Waals surface area contributed by atoms with Crippen molar-refractivity contribution in [2.45, 2.75) is 45.6 Å². The van der Waals surface area contributed by atoms with E-state index in [2.05, 4.69) is 30.2 Å². The summed E-state index contributed by atoms with van der Waals surface area (Å²) in [5, 5.41) is 7.89.